The van der Waals surface area contributed by atoms with Crippen LogP contribution < -0.4 is 5.32 Å². The van der Waals surface area contributed by atoms with Crippen LogP contribution in [0.3, 0.4) is 0 Å². The van der Waals surface area contributed by atoms with E-state index in [4.69, 9.17) is 0 Å². The Morgan fingerprint density at radius 1 is 1.30 bits per heavy atom. The lowest BCUT2D eigenvalue weighted by atomic mass is 10.1. The molecule has 7 heteroatoms. The van der Waals surface area contributed by atoms with Crippen molar-refractivity contribution in [2.45, 2.75) is 13.1 Å². The Balaban J connectivity index is 1.87. The maximum atomic E-state index is 12.9. The summed E-state index contributed by atoms with van der Waals surface area (Å²) in [7, 11) is 1.46. The van der Waals surface area contributed by atoms with Crippen molar-refractivity contribution >= 4 is 11.8 Å². The van der Waals surface area contributed by atoms with E-state index in [1.165, 1.54) is 25.4 Å². The smallest absolute Gasteiger partial charge is 0.274 e. The zero-order valence-electron chi connectivity index (χ0n) is 12.5. The lowest BCUT2D eigenvalue weighted by Gasteiger charge is -2.28. The number of aromatic nitrogens is 1. The van der Waals surface area contributed by atoms with Gasteiger partial charge in [-0.3, -0.25) is 9.59 Å². The molecule has 2 aromatic rings. The second-order valence-corrected chi connectivity index (χ2v) is 5.37. The number of nitrogens with zero attached hydrogens (tertiary/aromatic N) is 2. The van der Waals surface area contributed by atoms with E-state index in [2.05, 4.69) is 5.32 Å². The third kappa shape index (κ3) is 2.65. The molecule has 1 aromatic heterocycles. The molecule has 120 valence electrons. The number of amides is 2. The Morgan fingerprint density at radius 2 is 2.00 bits per heavy atom. The summed E-state index contributed by atoms with van der Waals surface area (Å²) >= 11 is 0. The summed E-state index contributed by atoms with van der Waals surface area (Å²) < 4.78 is 14.5. The second kappa shape index (κ2) is 5.75. The SMILES string of the molecule is CNC(=O)c1cn2c(c1O)C(=O)N(Cc1ccc(F)cc1)CC2. The minimum atomic E-state index is -0.442. The highest BCUT2D eigenvalue weighted by Gasteiger charge is 2.31. The van der Waals surface area contributed by atoms with Gasteiger partial charge in [-0.05, 0) is 17.7 Å². The largest absolute Gasteiger partial charge is 0.505 e. The number of carbonyl (C=O) groups is 2. The van der Waals surface area contributed by atoms with E-state index in [-0.39, 0.29) is 28.7 Å². The van der Waals surface area contributed by atoms with Crippen LogP contribution in [0.15, 0.2) is 30.5 Å². The predicted octanol–water partition coefficient (Wildman–Crippen LogP) is 1.35. The first-order chi connectivity index (χ1) is 11.0. The van der Waals surface area contributed by atoms with Crippen molar-refractivity contribution < 1.29 is 19.1 Å². The molecule has 1 aromatic carbocycles. The summed E-state index contributed by atoms with van der Waals surface area (Å²) in [4.78, 5) is 25.9. The molecule has 2 amide bonds. The molecule has 0 saturated heterocycles. The number of rotatable bonds is 3. The Kier molecular flexibility index (Phi) is 3.77. The van der Waals surface area contributed by atoms with E-state index in [1.807, 2.05) is 0 Å². The third-order valence-electron chi connectivity index (χ3n) is 3.91. The maximum absolute atomic E-state index is 12.9. The van der Waals surface area contributed by atoms with E-state index in [0.717, 1.165) is 5.56 Å². The van der Waals surface area contributed by atoms with Crippen LogP contribution in [-0.4, -0.2) is 40.0 Å². The quantitative estimate of drug-likeness (QED) is 0.897. The normalized spacial score (nSPS) is 13.8. The highest BCUT2D eigenvalue weighted by Crippen LogP contribution is 2.29. The van der Waals surface area contributed by atoms with Crippen LogP contribution in [0.1, 0.15) is 26.4 Å². The molecular weight excluding hydrogens is 301 g/mol. The van der Waals surface area contributed by atoms with Gasteiger partial charge in [0.25, 0.3) is 11.8 Å². The molecule has 0 unspecified atom stereocenters. The van der Waals surface area contributed by atoms with Crippen LogP contribution in [-0.2, 0) is 13.1 Å². The molecular formula is C16H16FN3O3. The van der Waals surface area contributed by atoms with E-state index in [0.29, 0.717) is 19.6 Å². The van der Waals surface area contributed by atoms with Gasteiger partial charge in [-0.15, -0.1) is 0 Å². The molecule has 0 radical (unpaired) electrons. The van der Waals surface area contributed by atoms with Crippen LogP contribution in [0.25, 0.3) is 0 Å². The topological polar surface area (TPSA) is 74.6 Å². The second-order valence-electron chi connectivity index (χ2n) is 5.37. The highest BCUT2D eigenvalue weighted by atomic mass is 19.1. The minimum absolute atomic E-state index is 0.0829. The molecule has 1 aliphatic heterocycles. The first-order valence-corrected chi connectivity index (χ1v) is 7.19. The van der Waals surface area contributed by atoms with Gasteiger partial charge in [0, 0.05) is 32.9 Å². The number of aromatic hydroxyl groups is 1. The number of benzene rings is 1. The molecule has 0 aliphatic carbocycles. The van der Waals surface area contributed by atoms with Crippen molar-refractivity contribution in [1.29, 1.82) is 0 Å². The van der Waals surface area contributed by atoms with Crippen LogP contribution in [0.2, 0.25) is 0 Å². The summed E-state index contributed by atoms with van der Waals surface area (Å²) in [5.74, 6) is -1.44. The van der Waals surface area contributed by atoms with E-state index >= 15 is 0 Å². The van der Waals surface area contributed by atoms with Gasteiger partial charge in [0.05, 0.1) is 5.56 Å². The fourth-order valence-electron chi connectivity index (χ4n) is 2.69. The number of halogens is 1. The van der Waals surface area contributed by atoms with E-state index in [9.17, 15) is 19.1 Å². The Hall–Kier alpha value is -2.83. The number of hydrogen-bond acceptors (Lipinski definition) is 3. The third-order valence-corrected chi connectivity index (χ3v) is 3.91. The number of carbonyl (C=O) groups excluding carboxylic acids is 2. The summed E-state index contributed by atoms with van der Waals surface area (Å²) in [6.07, 6.45) is 1.48. The number of hydrogen-bond donors (Lipinski definition) is 2. The van der Waals surface area contributed by atoms with Crippen molar-refractivity contribution in [2.75, 3.05) is 13.6 Å². The van der Waals surface area contributed by atoms with Gasteiger partial charge in [-0.1, -0.05) is 12.1 Å². The van der Waals surface area contributed by atoms with Gasteiger partial charge in [0.2, 0.25) is 0 Å². The zero-order valence-corrected chi connectivity index (χ0v) is 12.5. The summed E-state index contributed by atoms with van der Waals surface area (Å²) in [5.41, 5.74) is 0.988. The molecule has 1 aliphatic rings. The number of fused-ring (bicyclic) bond motifs is 1. The van der Waals surface area contributed by atoms with Gasteiger partial charge in [-0.25, -0.2) is 4.39 Å². The molecule has 0 spiro atoms. The fourth-order valence-corrected chi connectivity index (χ4v) is 2.69. The Bertz CT molecular complexity index is 768. The first-order valence-electron chi connectivity index (χ1n) is 7.19. The van der Waals surface area contributed by atoms with Crippen LogP contribution in [0.4, 0.5) is 4.39 Å². The average molecular weight is 317 g/mol. The Labute approximate surface area is 132 Å². The van der Waals surface area contributed by atoms with Gasteiger partial charge in [-0.2, -0.15) is 0 Å². The van der Waals surface area contributed by atoms with Crippen LogP contribution in [0, 0.1) is 5.82 Å². The summed E-state index contributed by atoms with van der Waals surface area (Å²) in [6.45, 7) is 1.25. The lowest BCUT2D eigenvalue weighted by Crippen LogP contribution is -2.39. The molecule has 0 bridgehead atoms. The molecule has 2 N–H and O–H groups in total. The van der Waals surface area contributed by atoms with E-state index < -0.39 is 5.91 Å². The van der Waals surface area contributed by atoms with Crippen molar-refractivity contribution in [1.82, 2.24) is 14.8 Å². The lowest BCUT2D eigenvalue weighted by molar-refractivity contribution is 0.0687. The molecule has 6 nitrogen and oxygen atoms in total. The van der Waals surface area contributed by atoms with Crippen molar-refractivity contribution in [2.24, 2.45) is 0 Å². The maximum Gasteiger partial charge on any atom is 0.274 e. The first kappa shape index (κ1) is 15.1. The monoisotopic (exact) mass is 317 g/mol. The molecule has 23 heavy (non-hydrogen) atoms. The average Bonchev–Trinajstić information content (AvgIpc) is 2.89. The van der Waals surface area contributed by atoms with Crippen molar-refractivity contribution in [3.05, 3.63) is 53.1 Å². The predicted molar refractivity (Wildman–Crippen MR) is 80.6 cm³/mol. The fraction of sp³-hybridized carbons (Fsp3) is 0.250. The Morgan fingerprint density at radius 3 is 2.65 bits per heavy atom. The van der Waals surface area contributed by atoms with Gasteiger partial charge >= 0.3 is 0 Å². The van der Waals surface area contributed by atoms with Gasteiger partial charge in [0.15, 0.2) is 11.4 Å². The molecule has 3 rings (SSSR count). The number of nitrogens with one attached hydrogen (secondary N) is 1. The molecule has 0 saturated carbocycles. The standard InChI is InChI=1S/C16H16FN3O3/c1-18-15(22)12-9-19-6-7-20(16(23)13(19)14(12)21)8-10-2-4-11(17)5-3-10/h2-5,9,21H,6-8H2,1H3,(H,18,22). The van der Waals surface area contributed by atoms with E-state index in [1.54, 1.807) is 21.6 Å². The minimum Gasteiger partial charge on any atom is -0.505 e. The molecule has 0 fully saturated rings. The zero-order chi connectivity index (χ0) is 16.6. The van der Waals surface area contributed by atoms with Gasteiger partial charge < -0.3 is 19.9 Å². The summed E-state index contributed by atoms with van der Waals surface area (Å²) in [5, 5.41) is 12.6. The highest BCUT2D eigenvalue weighted by molar-refractivity contribution is 6.03. The molecule has 2 heterocycles. The van der Waals surface area contributed by atoms with Crippen molar-refractivity contribution in [3.8, 4) is 5.75 Å². The van der Waals surface area contributed by atoms with Crippen LogP contribution in [0.5, 0.6) is 5.75 Å². The van der Waals surface area contributed by atoms with Crippen molar-refractivity contribution in [3.63, 3.8) is 0 Å². The summed E-state index contributed by atoms with van der Waals surface area (Å²) in [6, 6.07) is 5.92. The van der Waals surface area contributed by atoms with Crippen LogP contribution >= 0.6 is 0 Å². The molecule has 0 atom stereocenters. The van der Waals surface area contributed by atoms with Gasteiger partial charge in [0.1, 0.15) is 5.82 Å².